The molecule has 3 N–H and O–H groups in total. The lowest BCUT2D eigenvalue weighted by molar-refractivity contribution is -0.142. The first-order valence-corrected chi connectivity index (χ1v) is 13.6. The van der Waals surface area contributed by atoms with E-state index in [-0.39, 0.29) is 29.6 Å². The molecule has 3 aliphatic rings. The second-order valence-corrected chi connectivity index (χ2v) is 10.8. The van der Waals surface area contributed by atoms with Gasteiger partial charge in [-0.15, -0.1) is 0 Å². The number of fused-ring (bicyclic) bond motifs is 1. The van der Waals surface area contributed by atoms with E-state index in [9.17, 15) is 19.5 Å². The zero-order valence-electron chi connectivity index (χ0n) is 22.1. The van der Waals surface area contributed by atoms with Crippen LogP contribution in [-0.2, 0) is 26.2 Å². The number of piperazine rings is 1. The number of aryl methyl sites for hydroxylation is 1. The summed E-state index contributed by atoms with van der Waals surface area (Å²) in [6.45, 7) is 4.28. The normalized spacial score (nSPS) is 22.8. The van der Waals surface area contributed by atoms with E-state index in [1.165, 1.54) is 16.0 Å². The van der Waals surface area contributed by atoms with Crippen molar-refractivity contribution in [3.8, 4) is 0 Å². The summed E-state index contributed by atoms with van der Waals surface area (Å²) in [5.41, 5.74) is 3.08. The van der Waals surface area contributed by atoms with Crippen LogP contribution in [0.2, 0.25) is 0 Å². The Hall–Kier alpha value is -3.81. The van der Waals surface area contributed by atoms with Crippen LogP contribution in [0.15, 0.2) is 66.1 Å². The molecule has 0 bridgehead atoms. The van der Waals surface area contributed by atoms with Crippen molar-refractivity contribution in [2.45, 2.75) is 70.0 Å². The zero-order valence-corrected chi connectivity index (χ0v) is 22.1. The third kappa shape index (κ3) is 4.87. The Labute approximate surface area is 223 Å². The van der Waals surface area contributed by atoms with Crippen LogP contribution >= 0.6 is 0 Å². The highest BCUT2D eigenvalue weighted by atomic mass is 16.3. The summed E-state index contributed by atoms with van der Waals surface area (Å²) in [7, 11) is 0. The van der Waals surface area contributed by atoms with Crippen molar-refractivity contribution < 1.29 is 19.5 Å². The maximum Gasteiger partial charge on any atom is 0.290 e. The van der Waals surface area contributed by atoms with E-state index in [4.69, 9.17) is 0 Å². The lowest BCUT2D eigenvalue weighted by Crippen LogP contribution is -2.64. The summed E-state index contributed by atoms with van der Waals surface area (Å²) in [5, 5.41) is 16.5. The monoisotopic (exact) mass is 516 g/mol. The Morgan fingerprint density at radius 2 is 1.84 bits per heavy atom. The summed E-state index contributed by atoms with van der Waals surface area (Å²) in [6.07, 6.45) is 5.44. The summed E-state index contributed by atoms with van der Waals surface area (Å²) in [6, 6.07) is 17.5. The fraction of sp³-hybridized carbons (Fsp3) is 0.433. The third-order valence-electron chi connectivity index (χ3n) is 8.32. The largest absolute Gasteiger partial charge is 0.501 e. The lowest BCUT2D eigenvalue weighted by Gasteiger charge is -2.49. The van der Waals surface area contributed by atoms with E-state index in [2.05, 4.69) is 41.8 Å². The van der Waals surface area contributed by atoms with Crippen molar-refractivity contribution in [3.05, 3.63) is 77.2 Å². The maximum absolute atomic E-state index is 13.6. The van der Waals surface area contributed by atoms with E-state index in [0.29, 0.717) is 18.7 Å². The number of rotatable bonds is 7. The van der Waals surface area contributed by atoms with E-state index in [0.717, 1.165) is 32.1 Å². The minimum atomic E-state index is -0.645. The fourth-order valence-electron chi connectivity index (χ4n) is 6.28. The number of hydrogen-bond donors (Lipinski definition) is 3. The maximum atomic E-state index is 13.6. The molecular weight excluding hydrogens is 480 g/mol. The number of benzene rings is 2. The van der Waals surface area contributed by atoms with Gasteiger partial charge in [0.05, 0.1) is 0 Å². The zero-order chi connectivity index (χ0) is 26.9. The molecule has 0 aromatic heterocycles. The molecule has 8 heteroatoms. The van der Waals surface area contributed by atoms with Gasteiger partial charge in [0.25, 0.3) is 11.8 Å². The number of hydrogen-bond acceptors (Lipinski definition) is 5. The highest BCUT2D eigenvalue weighted by molar-refractivity contribution is 6.06. The first kappa shape index (κ1) is 25.8. The standard InChI is InChI=1S/C30H36N4O4/c1-3-21-10-9-11-22(16-21)30(14-7-8-15-30)17-24-32-28(37)27(36)26-29(38)33(20(2)18-34(24)26)19-25(35)31-23-12-5-4-6-13-23/h4-6,9-13,16,20,24,36H,3,7-8,14-15,17-19H2,1-2H3,(H,31,35)(H,32,37)/t20-,24?/m0/s1. The molecule has 2 aromatic carbocycles. The van der Waals surface area contributed by atoms with Gasteiger partial charge in [0.1, 0.15) is 12.7 Å². The van der Waals surface area contributed by atoms with E-state index in [1.807, 2.05) is 30.0 Å². The molecular formula is C30H36N4O4. The number of amides is 3. The van der Waals surface area contributed by atoms with Crippen molar-refractivity contribution in [2.24, 2.45) is 0 Å². The van der Waals surface area contributed by atoms with Crippen LogP contribution in [-0.4, -0.2) is 57.9 Å². The molecule has 1 aliphatic carbocycles. The molecule has 2 heterocycles. The number of aliphatic hydroxyl groups excluding tert-OH is 1. The molecule has 200 valence electrons. The third-order valence-corrected chi connectivity index (χ3v) is 8.32. The molecule has 2 aliphatic heterocycles. The molecule has 0 radical (unpaired) electrons. The van der Waals surface area contributed by atoms with Gasteiger partial charge >= 0.3 is 0 Å². The van der Waals surface area contributed by atoms with Crippen LogP contribution < -0.4 is 10.6 Å². The van der Waals surface area contributed by atoms with Crippen molar-refractivity contribution >= 4 is 23.4 Å². The molecule has 2 atom stereocenters. The highest BCUT2D eigenvalue weighted by Crippen LogP contribution is 2.46. The minimum absolute atomic E-state index is 0.0141. The molecule has 2 fully saturated rings. The van der Waals surface area contributed by atoms with Crippen molar-refractivity contribution in [1.29, 1.82) is 0 Å². The van der Waals surface area contributed by atoms with Gasteiger partial charge in [0, 0.05) is 18.3 Å². The van der Waals surface area contributed by atoms with Gasteiger partial charge in [-0.05, 0) is 61.3 Å². The summed E-state index contributed by atoms with van der Waals surface area (Å²) < 4.78 is 0. The highest BCUT2D eigenvalue weighted by Gasteiger charge is 2.48. The predicted molar refractivity (Wildman–Crippen MR) is 145 cm³/mol. The lowest BCUT2D eigenvalue weighted by atomic mass is 9.74. The molecule has 1 saturated carbocycles. The average Bonchev–Trinajstić information content (AvgIpc) is 3.39. The Morgan fingerprint density at radius 1 is 1.11 bits per heavy atom. The number of nitrogens with one attached hydrogen (secondary N) is 2. The first-order valence-electron chi connectivity index (χ1n) is 13.6. The van der Waals surface area contributed by atoms with Crippen LogP contribution in [0.3, 0.4) is 0 Å². The Balaban J connectivity index is 1.39. The minimum Gasteiger partial charge on any atom is -0.501 e. The molecule has 1 unspecified atom stereocenters. The Bertz CT molecular complexity index is 1250. The molecule has 1 saturated heterocycles. The van der Waals surface area contributed by atoms with Crippen molar-refractivity contribution in [2.75, 3.05) is 18.4 Å². The molecule has 2 aromatic rings. The topological polar surface area (TPSA) is 102 Å². The van der Waals surface area contributed by atoms with Crippen molar-refractivity contribution in [3.63, 3.8) is 0 Å². The predicted octanol–water partition coefficient (Wildman–Crippen LogP) is 3.85. The number of carbonyl (C=O) groups is 3. The molecule has 0 spiro atoms. The number of carbonyl (C=O) groups excluding carboxylic acids is 3. The average molecular weight is 517 g/mol. The van der Waals surface area contributed by atoms with Crippen LogP contribution in [0.4, 0.5) is 5.69 Å². The summed E-state index contributed by atoms with van der Waals surface area (Å²) >= 11 is 0. The number of anilines is 1. The van der Waals surface area contributed by atoms with Gasteiger partial charge in [-0.3, -0.25) is 14.4 Å². The smallest absolute Gasteiger partial charge is 0.290 e. The van der Waals surface area contributed by atoms with Crippen LogP contribution in [0, 0.1) is 0 Å². The van der Waals surface area contributed by atoms with Crippen molar-refractivity contribution in [1.82, 2.24) is 15.1 Å². The molecule has 3 amide bonds. The molecule has 8 nitrogen and oxygen atoms in total. The fourth-order valence-corrected chi connectivity index (χ4v) is 6.28. The quantitative estimate of drug-likeness (QED) is 0.519. The van der Waals surface area contributed by atoms with Gasteiger partial charge in [-0.2, -0.15) is 0 Å². The second kappa shape index (κ2) is 10.5. The first-order chi connectivity index (χ1) is 18.3. The van der Waals surface area contributed by atoms with E-state index in [1.54, 1.807) is 12.1 Å². The van der Waals surface area contributed by atoms with E-state index < -0.39 is 23.7 Å². The molecule has 38 heavy (non-hydrogen) atoms. The Kier molecular flexibility index (Phi) is 7.15. The van der Waals surface area contributed by atoms with Crippen LogP contribution in [0.1, 0.15) is 57.1 Å². The second-order valence-electron chi connectivity index (χ2n) is 10.8. The van der Waals surface area contributed by atoms with Gasteiger partial charge < -0.3 is 25.5 Å². The number of para-hydroxylation sites is 1. The van der Waals surface area contributed by atoms with E-state index >= 15 is 0 Å². The number of aliphatic hydroxyl groups is 1. The summed E-state index contributed by atoms with van der Waals surface area (Å²) in [5.74, 6) is -2.06. The molecule has 5 rings (SSSR count). The van der Waals surface area contributed by atoms with Gasteiger partial charge in [0.15, 0.2) is 5.70 Å². The summed E-state index contributed by atoms with van der Waals surface area (Å²) in [4.78, 5) is 42.5. The SMILES string of the molecule is CCc1cccc(C2(CC3NC(=O)C(O)=C4C(=O)N(CC(=O)Nc5ccccc5)[C@@H](C)CN43)CCCC2)c1. The van der Waals surface area contributed by atoms with Crippen LogP contribution in [0.25, 0.3) is 0 Å². The van der Waals surface area contributed by atoms with Crippen LogP contribution in [0.5, 0.6) is 0 Å². The van der Waals surface area contributed by atoms with Gasteiger partial charge in [0.2, 0.25) is 11.7 Å². The Morgan fingerprint density at radius 3 is 2.55 bits per heavy atom. The van der Waals surface area contributed by atoms with Gasteiger partial charge in [-0.25, -0.2) is 0 Å². The number of nitrogens with zero attached hydrogens (tertiary/aromatic N) is 2. The van der Waals surface area contributed by atoms with Gasteiger partial charge in [-0.1, -0.05) is 62.2 Å².